The van der Waals surface area contributed by atoms with E-state index in [0.29, 0.717) is 6.54 Å². The number of guanidine groups is 1. The maximum Gasteiger partial charge on any atom is 0.433 e. The summed E-state index contributed by atoms with van der Waals surface area (Å²) in [6.45, 7) is 1.40. The molecule has 0 radical (unpaired) electrons. The van der Waals surface area contributed by atoms with Gasteiger partial charge in [-0.15, -0.1) is 0 Å². The Morgan fingerprint density at radius 1 is 1.20 bits per heavy atom. The average Bonchev–Trinajstić information content (AvgIpc) is 3.30. The second-order valence-corrected chi connectivity index (χ2v) is 7.86. The Hall–Kier alpha value is -2.34. The molecule has 1 aliphatic carbocycles. The standard InChI is InChI=1S/C18H22F5N7/c19-16(20)6-4-10(8-16)18(24)29-14(12-2-1-3-13(27-12)17(21,22)23)28-15(30-18)26-11-5-7-25-9-11/h1-3,10-11,25H,4-9,24H2,(H2,26,28,29,30). The van der Waals surface area contributed by atoms with Crippen LogP contribution in [-0.4, -0.2) is 47.6 Å². The Kier molecular flexibility index (Phi) is 5.17. The summed E-state index contributed by atoms with van der Waals surface area (Å²) in [6.07, 6.45) is -4.54. The van der Waals surface area contributed by atoms with Crippen LogP contribution in [0.2, 0.25) is 0 Å². The quantitative estimate of drug-likeness (QED) is 0.547. The van der Waals surface area contributed by atoms with Crippen molar-refractivity contribution in [3.63, 3.8) is 0 Å². The van der Waals surface area contributed by atoms with Gasteiger partial charge in [-0.25, -0.2) is 23.7 Å². The van der Waals surface area contributed by atoms with E-state index in [1.807, 2.05) is 0 Å². The molecule has 3 aliphatic rings. The van der Waals surface area contributed by atoms with E-state index in [1.165, 1.54) is 12.1 Å². The number of nitrogens with one attached hydrogen (secondary N) is 3. The third kappa shape index (κ3) is 4.38. The zero-order valence-electron chi connectivity index (χ0n) is 15.9. The molecule has 3 unspecified atom stereocenters. The molecular formula is C18H22F5N7. The first-order valence-electron chi connectivity index (χ1n) is 9.69. The molecule has 5 N–H and O–H groups in total. The Labute approximate surface area is 169 Å². The molecule has 1 aromatic rings. The number of alkyl halides is 5. The maximum absolute atomic E-state index is 13.8. The summed E-state index contributed by atoms with van der Waals surface area (Å²) in [5.41, 5.74) is 5.20. The maximum atomic E-state index is 13.8. The molecule has 1 saturated heterocycles. The number of hydrogen-bond donors (Lipinski definition) is 4. The number of halogens is 5. The minimum atomic E-state index is -4.64. The third-order valence-corrected chi connectivity index (χ3v) is 5.51. The lowest BCUT2D eigenvalue weighted by atomic mass is 9.98. The number of nitrogens with two attached hydrogens (primary N) is 1. The first-order valence-corrected chi connectivity index (χ1v) is 9.69. The molecule has 0 spiro atoms. The van der Waals surface area contributed by atoms with Crippen LogP contribution in [0.15, 0.2) is 28.2 Å². The first-order chi connectivity index (χ1) is 14.0. The van der Waals surface area contributed by atoms with E-state index in [0.717, 1.165) is 19.0 Å². The van der Waals surface area contributed by atoms with Crippen molar-refractivity contribution < 1.29 is 22.0 Å². The Morgan fingerprint density at radius 3 is 2.63 bits per heavy atom. The van der Waals surface area contributed by atoms with Crippen molar-refractivity contribution in [2.24, 2.45) is 21.6 Å². The smallest absolute Gasteiger partial charge is 0.319 e. The van der Waals surface area contributed by atoms with Crippen molar-refractivity contribution >= 4 is 11.8 Å². The van der Waals surface area contributed by atoms with Crippen LogP contribution in [-0.2, 0) is 6.18 Å². The van der Waals surface area contributed by atoms with Crippen LogP contribution in [0.3, 0.4) is 0 Å². The van der Waals surface area contributed by atoms with Gasteiger partial charge in [0.1, 0.15) is 11.4 Å². The summed E-state index contributed by atoms with van der Waals surface area (Å²) in [5.74, 6) is -5.07. The molecule has 30 heavy (non-hydrogen) atoms. The number of aliphatic imine (C=N–C) groups is 2. The number of nitrogens with zero attached hydrogens (tertiary/aromatic N) is 3. The summed E-state index contributed by atoms with van der Waals surface area (Å²) < 4.78 is 66.9. The number of amidine groups is 1. The first kappa shape index (κ1) is 20.9. The van der Waals surface area contributed by atoms with E-state index < -0.39 is 35.9 Å². The van der Waals surface area contributed by atoms with Gasteiger partial charge in [-0.3, -0.25) is 5.73 Å². The van der Waals surface area contributed by atoms with Gasteiger partial charge in [-0.05, 0) is 31.5 Å². The topological polar surface area (TPSA) is 99.7 Å². The number of aromatic nitrogens is 1. The van der Waals surface area contributed by atoms with E-state index >= 15 is 0 Å². The molecular weight excluding hydrogens is 409 g/mol. The van der Waals surface area contributed by atoms with Crippen LogP contribution < -0.4 is 21.7 Å². The van der Waals surface area contributed by atoms with Gasteiger partial charge in [-0.1, -0.05) is 6.07 Å². The van der Waals surface area contributed by atoms with Gasteiger partial charge in [0.25, 0.3) is 0 Å². The van der Waals surface area contributed by atoms with Crippen LogP contribution in [0.1, 0.15) is 37.1 Å². The highest BCUT2D eigenvalue weighted by Gasteiger charge is 2.50. The molecule has 3 atom stereocenters. The predicted octanol–water partition coefficient (Wildman–Crippen LogP) is 1.81. The largest absolute Gasteiger partial charge is 0.433 e. The number of hydrogen-bond acceptors (Lipinski definition) is 5. The van der Waals surface area contributed by atoms with E-state index in [4.69, 9.17) is 5.73 Å². The van der Waals surface area contributed by atoms with Gasteiger partial charge in [0.05, 0.1) is 6.04 Å². The van der Waals surface area contributed by atoms with E-state index in [9.17, 15) is 22.0 Å². The van der Waals surface area contributed by atoms with Gasteiger partial charge in [0.2, 0.25) is 5.92 Å². The fraction of sp³-hybridized carbons (Fsp3) is 0.611. The summed E-state index contributed by atoms with van der Waals surface area (Å²) in [6, 6.07) is 3.32. The third-order valence-electron chi connectivity index (χ3n) is 5.51. The number of pyridine rings is 1. The summed E-state index contributed by atoms with van der Waals surface area (Å²) in [4.78, 5) is 12.4. The van der Waals surface area contributed by atoms with Gasteiger partial charge in [0.15, 0.2) is 17.6 Å². The highest BCUT2D eigenvalue weighted by molar-refractivity contribution is 6.09. The normalized spacial score (nSPS) is 32.6. The fourth-order valence-electron chi connectivity index (χ4n) is 3.94. The number of rotatable bonds is 3. The van der Waals surface area contributed by atoms with Crippen molar-refractivity contribution in [2.75, 3.05) is 13.1 Å². The fourth-order valence-corrected chi connectivity index (χ4v) is 3.94. The Bertz CT molecular complexity index is 863. The molecule has 0 bridgehead atoms. The van der Waals surface area contributed by atoms with Crippen LogP contribution in [0.5, 0.6) is 0 Å². The lowest BCUT2D eigenvalue weighted by Crippen LogP contribution is -2.66. The summed E-state index contributed by atoms with van der Waals surface area (Å²) >= 11 is 0. The molecule has 4 rings (SSSR count). The Morgan fingerprint density at radius 2 is 2.00 bits per heavy atom. The molecule has 12 heteroatoms. The monoisotopic (exact) mass is 431 g/mol. The van der Waals surface area contributed by atoms with Crippen LogP contribution in [0.4, 0.5) is 22.0 Å². The second-order valence-electron chi connectivity index (χ2n) is 7.86. The highest BCUT2D eigenvalue weighted by atomic mass is 19.4. The zero-order chi connectivity index (χ0) is 21.6. The molecule has 1 saturated carbocycles. The van der Waals surface area contributed by atoms with Crippen LogP contribution >= 0.6 is 0 Å². The van der Waals surface area contributed by atoms with Crippen LogP contribution in [0.25, 0.3) is 0 Å². The average molecular weight is 431 g/mol. The van der Waals surface area contributed by atoms with E-state index in [1.54, 1.807) is 0 Å². The summed E-state index contributed by atoms with van der Waals surface area (Å²) in [5, 5.41) is 8.89. The molecule has 1 aromatic heterocycles. The SMILES string of the molecule is NC1(C2CCC(F)(F)C2)N=C(c2cccc(C(F)(F)F)n2)NC(=NC2CCNC2)N1. The van der Waals surface area contributed by atoms with Crippen molar-refractivity contribution in [1.29, 1.82) is 0 Å². The minimum absolute atomic E-state index is 0.0396. The lowest BCUT2D eigenvalue weighted by Gasteiger charge is -2.38. The van der Waals surface area contributed by atoms with E-state index in [2.05, 4.69) is 30.9 Å². The predicted molar refractivity (Wildman–Crippen MR) is 100.0 cm³/mol. The van der Waals surface area contributed by atoms with Gasteiger partial charge < -0.3 is 16.0 Å². The van der Waals surface area contributed by atoms with Crippen molar-refractivity contribution in [1.82, 2.24) is 20.9 Å². The van der Waals surface area contributed by atoms with Gasteiger partial charge >= 0.3 is 6.18 Å². The lowest BCUT2D eigenvalue weighted by molar-refractivity contribution is -0.141. The van der Waals surface area contributed by atoms with Crippen molar-refractivity contribution in [3.05, 3.63) is 29.6 Å². The van der Waals surface area contributed by atoms with Crippen LogP contribution in [0, 0.1) is 5.92 Å². The van der Waals surface area contributed by atoms with Crippen molar-refractivity contribution in [3.8, 4) is 0 Å². The molecule has 3 heterocycles. The molecule has 0 amide bonds. The second kappa shape index (κ2) is 7.41. The zero-order valence-corrected chi connectivity index (χ0v) is 15.9. The van der Waals surface area contributed by atoms with Gasteiger partial charge in [-0.2, -0.15) is 13.2 Å². The van der Waals surface area contributed by atoms with Gasteiger partial charge in [0, 0.05) is 25.3 Å². The minimum Gasteiger partial charge on any atom is -0.319 e. The molecule has 2 fully saturated rings. The highest BCUT2D eigenvalue weighted by Crippen LogP contribution is 2.43. The van der Waals surface area contributed by atoms with E-state index in [-0.39, 0.29) is 36.4 Å². The summed E-state index contributed by atoms with van der Waals surface area (Å²) in [7, 11) is 0. The van der Waals surface area contributed by atoms with Crippen molar-refractivity contribution in [2.45, 2.75) is 49.6 Å². The molecule has 2 aliphatic heterocycles. The molecule has 7 nitrogen and oxygen atoms in total. The molecule has 164 valence electrons. The Balaban J connectivity index is 1.71. The molecule has 0 aromatic carbocycles.